The van der Waals surface area contributed by atoms with Gasteiger partial charge in [-0.2, -0.15) is 10.5 Å². The van der Waals surface area contributed by atoms with E-state index in [0.717, 1.165) is 0 Å². The molecule has 0 spiro atoms. The van der Waals surface area contributed by atoms with E-state index in [1.165, 1.54) is 18.3 Å². The summed E-state index contributed by atoms with van der Waals surface area (Å²) in [5.41, 5.74) is 1.91. The molecule has 0 bridgehead atoms. The summed E-state index contributed by atoms with van der Waals surface area (Å²) in [5, 5.41) is 34.5. The number of carbonyl (C=O) groups excluding carboxylic acids is 1. The topological polar surface area (TPSA) is 128 Å². The van der Waals surface area contributed by atoms with Gasteiger partial charge in [-0.1, -0.05) is 0 Å². The van der Waals surface area contributed by atoms with Crippen LogP contribution in [0.5, 0.6) is 5.75 Å². The number of anilines is 1. The van der Waals surface area contributed by atoms with E-state index in [0.29, 0.717) is 16.8 Å². The molecule has 3 N–H and O–H groups in total. The van der Waals surface area contributed by atoms with Crippen LogP contribution in [0.3, 0.4) is 0 Å². The number of nitrogens with zero attached hydrogens (tertiary/aromatic N) is 4. The Morgan fingerprint density at radius 3 is 2.32 bits per heavy atom. The number of phenolic OH excluding ortho intramolecular Hbond substituents is 1. The Hall–Kier alpha value is -3.99. The first-order valence-electron chi connectivity index (χ1n) is 7.22. The van der Waals surface area contributed by atoms with E-state index < -0.39 is 0 Å². The maximum atomic E-state index is 12.4. The van der Waals surface area contributed by atoms with Crippen molar-refractivity contribution in [1.82, 2.24) is 20.6 Å². The van der Waals surface area contributed by atoms with Gasteiger partial charge < -0.3 is 10.4 Å². The minimum atomic E-state index is -0.147. The summed E-state index contributed by atoms with van der Waals surface area (Å²) >= 11 is 0. The molecule has 0 radical (unpaired) electrons. The molecule has 0 aliphatic heterocycles. The molecule has 8 nitrogen and oxygen atoms in total. The monoisotopic (exact) mass is 332 g/mol. The molecule has 3 rings (SSSR count). The molecule has 1 aromatic heterocycles. The first kappa shape index (κ1) is 15.9. The van der Waals surface area contributed by atoms with Crippen molar-refractivity contribution in [3.05, 3.63) is 71.7 Å². The van der Waals surface area contributed by atoms with Crippen LogP contribution in [0.15, 0.2) is 54.7 Å². The molecule has 0 unspecified atom stereocenters. The van der Waals surface area contributed by atoms with Gasteiger partial charge in [-0.05, 0) is 53.7 Å². The lowest BCUT2D eigenvalue weighted by Crippen LogP contribution is -2.01. The third kappa shape index (κ3) is 3.68. The standard InChI is InChI=1S/C17H12N6O2/c18-9-13(17-20-22-23-21-17)10-19-14-5-1-11(2-6-14)16(25)12-3-7-15(24)8-4-12/h1-8,10,19,24H,(H,20,21,22,23). The van der Waals surface area contributed by atoms with Gasteiger partial charge in [0.2, 0.25) is 5.82 Å². The third-order valence-electron chi connectivity index (χ3n) is 3.37. The minimum Gasteiger partial charge on any atom is -0.508 e. The van der Waals surface area contributed by atoms with Crippen LogP contribution in [-0.2, 0) is 0 Å². The quantitative estimate of drug-likeness (QED) is 0.482. The molecule has 2 aromatic carbocycles. The molecule has 122 valence electrons. The fraction of sp³-hybridized carbons (Fsp3) is 0. The van der Waals surface area contributed by atoms with Gasteiger partial charge in [-0.25, -0.2) is 0 Å². The number of phenols is 1. The average Bonchev–Trinajstić information content (AvgIpc) is 3.17. The van der Waals surface area contributed by atoms with Gasteiger partial charge in [0.25, 0.3) is 0 Å². The van der Waals surface area contributed by atoms with E-state index in [1.807, 2.05) is 6.07 Å². The highest BCUT2D eigenvalue weighted by atomic mass is 16.3. The van der Waals surface area contributed by atoms with Gasteiger partial charge in [0.05, 0.1) is 0 Å². The number of allylic oxidation sites excluding steroid dienone is 1. The van der Waals surface area contributed by atoms with E-state index in [2.05, 4.69) is 25.9 Å². The van der Waals surface area contributed by atoms with E-state index in [9.17, 15) is 9.90 Å². The van der Waals surface area contributed by atoms with Crippen LogP contribution in [-0.4, -0.2) is 31.5 Å². The Morgan fingerprint density at radius 2 is 1.76 bits per heavy atom. The second-order valence-electron chi connectivity index (χ2n) is 5.00. The van der Waals surface area contributed by atoms with Gasteiger partial charge >= 0.3 is 0 Å². The Balaban J connectivity index is 1.73. The summed E-state index contributed by atoms with van der Waals surface area (Å²) < 4.78 is 0. The number of nitriles is 1. The first-order valence-corrected chi connectivity index (χ1v) is 7.22. The summed E-state index contributed by atoms with van der Waals surface area (Å²) in [6.45, 7) is 0. The summed E-state index contributed by atoms with van der Waals surface area (Å²) in [5.74, 6) is 0.151. The van der Waals surface area contributed by atoms with Crippen molar-refractivity contribution in [3.63, 3.8) is 0 Å². The zero-order chi connectivity index (χ0) is 17.6. The Kier molecular flexibility index (Phi) is 4.49. The molecule has 0 aliphatic carbocycles. The minimum absolute atomic E-state index is 0.109. The second-order valence-corrected chi connectivity index (χ2v) is 5.00. The van der Waals surface area contributed by atoms with Gasteiger partial charge in [-0.3, -0.25) is 4.79 Å². The molecule has 0 amide bonds. The van der Waals surface area contributed by atoms with Crippen LogP contribution in [0.25, 0.3) is 5.57 Å². The molecule has 0 fully saturated rings. The number of hydrogen-bond donors (Lipinski definition) is 3. The second kappa shape index (κ2) is 7.06. The largest absolute Gasteiger partial charge is 0.508 e. The van der Waals surface area contributed by atoms with E-state index in [4.69, 9.17) is 5.26 Å². The third-order valence-corrected chi connectivity index (χ3v) is 3.37. The van der Waals surface area contributed by atoms with Gasteiger partial charge in [0.15, 0.2) is 5.78 Å². The molecule has 0 aliphatic rings. The summed E-state index contributed by atoms with van der Waals surface area (Å²) in [7, 11) is 0. The molecule has 0 saturated heterocycles. The first-order chi connectivity index (χ1) is 12.2. The molecular formula is C17H12N6O2. The van der Waals surface area contributed by atoms with Crippen molar-refractivity contribution in [2.45, 2.75) is 0 Å². The van der Waals surface area contributed by atoms with E-state index in [-0.39, 0.29) is 22.9 Å². The summed E-state index contributed by atoms with van der Waals surface area (Å²) in [6, 6.07) is 14.8. The predicted octanol–water partition coefficient (Wildman–Crippen LogP) is 2.11. The fourth-order valence-electron chi connectivity index (χ4n) is 2.08. The number of aromatic amines is 1. The number of benzene rings is 2. The Morgan fingerprint density at radius 1 is 1.12 bits per heavy atom. The predicted molar refractivity (Wildman–Crippen MR) is 89.4 cm³/mol. The number of aromatic nitrogens is 4. The van der Waals surface area contributed by atoms with Crippen molar-refractivity contribution in [2.24, 2.45) is 0 Å². The fourth-order valence-corrected chi connectivity index (χ4v) is 2.08. The Bertz CT molecular complexity index is 938. The van der Waals surface area contributed by atoms with Crippen LogP contribution < -0.4 is 5.32 Å². The number of carbonyl (C=O) groups is 1. The Labute approximate surface area is 142 Å². The molecule has 1 heterocycles. The van der Waals surface area contributed by atoms with Gasteiger partial charge in [0, 0.05) is 23.0 Å². The molecular weight excluding hydrogens is 320 g/mol. The number of ketones is 1. The maximum absolute atomic E-state index is 12.4. The maximum Gasteiger partial charge on any atom is 0.216 e. The van der Waals surface area contributed by atoms with Crippen molar-refractivity contribution >= 4 is 17.0 Å². The zero-order valence-electron chi connectivity index (χ0n) is 12.8. The highest BCUT2D eigenvalue weighted by molar-refractivity contribution is 6.09. The van der Waals surface area contributed by atoms with Crippen LogP contribution in [0, 0.1) is 11.3 Å². The number of hydrogen-bond acceptors (Lipinski definition) is 7. The van der Waals surface area contributed by atoms with Gasteiger partial charge in [-0.15, -0.1) is 10.2 Å². The highest BCUT2D eigenvalue weighted by Crippen LogP contribution is 2.17. The number of rotatable bonds is 5. The van der Waals surface area contributed by atoms with Crippen LogP contribution >= 0.6 is 0 Å². The molecule has 25 heavy (non-hydrogen) atoms. The molecule has 0 saturated carbocycles. The average molecular weight is 332 g/mol. The number of H-pyrrole nitrogens is 1. The number of aromatic hydroxyl groups is 1. The normalized spacial score (nSPS) is 10.9. The lowest BCUT2D eigenvalue weighted by atomic mass is 10.0. The highest BCUT2D eigenvalue weighted by Gasteiger charge is 2.09. The summed E-state index contributed by atoms with van der Waals surface area (Å²) in [6.07, 6.45) is 1.46. The van der Waals surface area contributed by atoms with Crippen LogP contribution in [0.2, 0.25) is 0 Å². The van der Waals surface area contributed by atoms with Crippen molar-refractivity contribution in [3.8, 4) is 11.8 Å². The van der Waals surface area contributed by atoms with Gasteiger partial charge in [0.1, 0.15) is 17.4 Å². The zero-order valence-corrected chi connectivity index (χ0v) is 12.8. The summed E-state index contributed by atoms with van der Waals surface area (Å²) in [4.78, 5) is 12.4. The van der Waals surface area contributed by atoms with E-state index >= 15 is 0 Å². The molecule has 3 aromatic rings. The smallest absolute Gasteiger partial charge is 0.216 e. The lowest BCUT2D eigenvalue weighted by molar-refractivity contribution is 0.103. The van der Waals surface area contributed by atoms with Crippen LogP contribution in [0.1, 0.15) is 21.7 Å². The molecule has 0 atom stereocenters. The lowest BCUT2D eigenvalue weighted by Gasteiger charge is -2.04. The molecule has 8 heteroatoms. The number of tetrazole rings is 1. The van der Waals surface area contributed by atoms with Crippen molar-refractivity contribution in [2.75, 3.05) is 5.32 Å². The van der Waals surface area contributed by atoms with E-state index in [1.54, 1.807) is 36.4 Å². The van der Waals surface area contributed by atoms with Crippen molar-refractivity contribution < 1.29 is 9.90 Å². The van der Waals surface area contributed by atoms with Crippen molar-refractivity contribution in [1.29, 1.82) is 5.26 Å². The SMILES string of the molecule is N#CC(=CNc1ccc(C(=O)c2ccc(O)cc2)cc1)c1nn[nH]n1. The van der Waals surface area contributed by atoms with Crippen LogP contribution in [0.4, 0.5) is 5.69 Å². The number of nitrogens with one attached hydrogen (secondary N) is 2.